The number of amides is 2. The first-order valence-electron chi connectivity index (χ1n) is 9.81. The van der Waals surface area contributed by atoms with E-state index in [-0.39, 0.29) is 41.7 Å². The van der Waals surface area contributed by atoms with E-state index in [0.29, 0.717) is 26.1 Å². The summed E-state index contributed by atoms with van der Waals surface area (Å²) in [5.74, 6) is 1.15. The van der Waals surface area contributed by atoms with Crippen LogP contribution in [0, 0.1) is 5.92 Å². The van der Waals surface area contributed by atoms with Crippen molar-refractivity contribution in [2.24, 2.45) is 10.9 Å². The molecule has 0 saturated heterocycles. The highest BCUT2D eigenvalue weighted by Gasteiger charge is 2.28. The van der Waals surface area contributed by atoms with Crippen molar-refractivity contribution in [2.75, 3.05) is 25.0 Å². The number of aliphatic imine (C=N–C) groups is 1. The normalized spacial score (nSPS) is 13.3. The summed E-state index contributed by atoms with van der Waals surface area (Å²) in [5, 5.41) is 12.2. The summed E-state index contributed by atoms with van der Waals surface area (Å²) in [7, 11) is 0. The maximum atomic E-state index is 11.6. The predicted molar refractivity (Wildman–Crippen MR) is 124 cm³/mol. The first kappa shape index (κ1) is 24.2. The Morgan fingerprint density at radius 1 is 1.04 bits per heavy atom. The third kappa shape index (κ3) is 9.38. The number of guanidine groups is 1. The van der Waals surface area contributed by atoms with E-state index in [2.05, 4.69) is 26.3 Å². The zero-order valence-electron chi connectivity index (χ0n) is 16.7. The lowest BCUT2D eigenvalue weighted by molar-refractivity contribution is -0.122. The Morgan fingerprint density at radius 2 is 1.71 bits per heavy atom. The van der Waals surface area contributed by atoms with Gasteiger partial charge >= 0.3 is 0 Å². The van der Waals surface area contributed by atoms with Gasteiger partial charge in [-0.05, 0) is 43.9 Å². The fraction of sp³-hybridized carbons (Fsp3) is 0.550. The third-order valence-corrected chi connectivity index (χ3v) is 4.14. The van der Waals surface area contributed by atoms with Gasteiger partial charge in [-0.25, -0.2) is 4.99 Å². The van der Waals surface area contributed by atoms with Gasteiger partial charge in [-0.15, -0.1) is 24.0 Å². The van der Waals surface area contributed by atoms with E-state index in [1.165, 1.54) is 0 Å². The van der Waals surface area contributed by atoms with Crippen LogP contribution in [0.1, 0.15) is 45.1 Å². The lowest BCUT2D eigenvalue weighted by Crippen LogP contribution is -2.41. The highest BCUT2D eigenvalue weighted by Crippen LogP contribution is 2.28. The second-order valence-corrected chi connectivity index (χ2v) is 6.68. The van der Waals surface area contributed by atoms with Crippen LogP contribution in [0.2, 0.25) is 0 Å². The van der Waals surface area contributed by atoms with Crippen molar-refractivity contribution in [1.82, 2.24) is 16.0 Å². The molecule has 1 aliphatic carbocycles. The lowest BCUT2D eigenvalue weighted by atomic mass is 10.2. The van der Waals surface area contributed by atoms with Crippen LogP contribution < -0.4 is 21.3 Å². The number of nitrogens with one attached hydrogen (secondary N) is 4. The Hall–Kier alpha value is -1.84. The molecule has 1 aromatic rings. The SMILES string of the molecule is CCCC(=O)Nc1ccc(CN=C(NCC)NCCNC(=O)C2CC2)cc1.I. The van der Waals surface area contributed by atoms with Crippen molar-refractivity contribution >= 4 is 47.4 Å². The highest BCUT2D eigenvalue weighted by atomic mass is 127. The Labute approximate surface area is 184 Å². The predicted octanol–water partition coefficient (Wildman–Crippen LogP) is 2.62. The zero-order valence-corrected chi connectivity index (χ0v) is 19.0. The zero-order chi connectivity index (χ0) is 19.5. The van der Waals surface area contributed by atoms with E-state index in [0.717, 1.165) is 43.0 Å². The molecule has 28 heavy (non-hydrogen) atoms. The molecule has 0 spiro atoms. The number of carbonyl (C=O) groups excluding carboxylic acids is 2. The summed E-state index contributed by atoms with van der Waals surface area (Å²) in [6, 6.07) is 7.72. The van der Waals surface area contributed by atoms with Gasteiger partial charge < -0.3 is 21.3 Å². The van der Waals surface area contributed by atoms with Crippen molar-refractivity contribution in [1.29, 1.82) is 0 Å². The molecule has 0 atom stereocenters. The van der Waals surface area contributed by atoms with Gasteiger partial charge in [0.1, 0.15) is 0 Å². The molecule has 0 heterocycles. The molecule has 0 unspecified atom stereocenters. The van der Waals surface area contributed by atoms with Crippen LogP contribution in [0.25, 0.3) is 0 Å². The van der Waals surface area contributed by atoms with Gasteiger partial charge in [0.15, 0.2) is 5.96 Å². The number of carbonyl (C=O) groups is 2. The van der Waals surface area contributed by atoms with Crippen LogP contribution >= 0.6 is 24.0 Å². The standard InChI is InChI=1S/C20H31N5O2.HI/c1-3-5-18(26)25-17-10-6-15(7-11-17)14-24-20(21-4-2)23-13-12-22-19(27)16-8-9-16;/h6-7,10-11,16H,3-5,8-9,12-14H2,1-2H3,(H,22,27)(H,25,26)(H2,21,23,24);1H. The van der Waals surface area contributed by atoms with Gasteiger partial charge in [0.2, 0.25) is 11.8 Å². The summed E-state index contributed by atoms with van der Waals surface area (Å²) in [6.07, 6.45) is 3.41. The van der Waals surface area contributed by atoms with Gasteiger partial charge in [0.25, 0.3) is 0 Å². The Morgan fingerprint density at radius 3 is 2.32 bits per heavy atom. The van der Waals surface area contributed by atoms with Crippen LogP contribution in [0.4, 0.5) is 5.69 Å². The monoisotopic (exact) mass is 501 g/mol. The third-order valence-electron chi connectivity index (χ3n) is 4.14. The molecule has 1 saturated carbocycles. The Balaban J connectivity index is 0.00000392. The van der Waals surface area contributed by atoms with Crippen molar-refractivity contribution in [3.05, 3.63) is 29.8 Å². The van der Waals surface area contributed by atoms with Crippen LogP contribution in [0.5, 0.6) is 0 Å². The molecule has 4 N–H and O–H groups in total. The number of halogens is 1. The molecule has 8 heteroatoms. The van der Waals surface area contributed by atoms with E-state index in [1.807, 2.05) is 38.1 Å². The maximum absolute atomic E-state index is 11.6. The van der Waals surface area contributed by atoms with Crippen LogP contribution in [0.3, 0.4) is 0 Å². The number of anilines is 1. The number of benzene rings is 1. The number of nitrogens with zero attached hydrogens (tertiary/aromatic N) is 1. The van der Waals surface area contributed by atoms with Gasteiger partial charge in [-0.2, -0.15) is 0 Å². The molecule has 0 aliphatic heterocycles. The Bertz CT molecular complexity index is 645. The molecule has 1 aromatic carbocycles. The molecule has 1 aliphatic rings. The summed E-state index contributed by atoms with van der Waals surface area (Å²) in [4.78, 5) is 27.8. The Kier molecular flexibility index (Phi) is 11.5. The van der Waals surface area contributed by atoms with Gasteiger partial charge in [-0.3, -0.25) is 9.59 Å². The quantitative estimate of drug-likeness (QED) is 0.172. The van der Waals surface area contributed by atoms with Crippen molar-refractivity contribution < 1.29 is 9.59 Å². The first-order valence-corrected chi connectivity index (χ1v) is 9.81. The van der Waals surface area contributed by atoms with Crippen LogP contribution in [-0.4, -0.2) is 37.4 Å². The molecule has 2 rings (SSSR count). The minimum Gasteiger partial charge on any atom is -0.357 e. The average molecular weight is 501 g/mol. The lowest BCUT2D eigenvalue weighted by Gasteiger charge is -2.12. The highest BCUT2D eigenvalue weighted by molar-refractivity contribution is 14.0. The van der Waals surface area contributed by atoms with Crippen molar-refractivity contribution in [2.45, 2.75) is 46.1 Å². The minimum atomic E-state index is 0. The molecule has 0 aromatic heterocycles. The van der Waals surface area contributed by atoms with E-state index < -0.39 is 0 Å². The molecule has 0 bridgehead atoms. The molecule has 1 fully saturated rings. The molecule has 0 radical (unpaired) electrons. The molecule has 156 valence electrons. The van der Waals surface area contributed by atoms with E-state index in [1.54, 1.807) is 0 Å². The summed E-state index contributed by atoms with van der Waals surface area (Å²) in [6.45, 7) is 6.52. The second-order valence-electron chi connectivity index (χ2n) is 6.68. The smallest absolute Gasteiger partial charge is 0.224 e. The maximum Gasteiger partial charge on any atom is 0.224 e. The first-order chi connectivity index (χ1) is 13.1. The number of hydrogen-bond donors (Lipinski definition) is 4. The van der Waals surface area contributed by atoms with E-state index in [4.69, 9.17) is 0 Å². The number of rotatable bonds is 10. The van der Waals surface area contributed by atoms with Crippen LogP contribution in [-0.2, 0) is 16.1 Å². The summed E-state index contributed by atoms with van der Waals surface area (Å²) >= 11 is 0. The van der Waals surface area contributed by atoms with Gasteiger partial charge in [-0.1, -0.05) is 19.1 Å². The fourth-order valence-electron chi connectivity index (χ4n) is 2.51. The molecule has 7 nitrogen and oxygen atoms in total. The fourth-order valence-corrected chi connectivity index (χ4v) is 2.51. The summed E-state index contributed by atoms with van der Waals surface area (Å²) < 4.78 is 0. The van der Waals surface area contributed by atoms with Gasteiger partial charge in [0.05, 0.1) is 6.54 Å². The topological polar surface area (TPSA) is 94.6 Å². The number of hydrogen-bond acceptors (Lipinski definition) is 3. The van der Waals surface area contributed by atoms with Crippen molar-refractivity contribution in [3.63, 3.8) is 0 Å². The molecular formula is C20H32IN5O2. The molecule has 2 amide bonds. The van der Waals surface area contributed by atoms with E-state index >= 15 is 0 Å². The minimum absolute atomic E-state index is 0. The van der Waals surface area contributed by atoms with Crippen LogP contribution in [0.15, 0.2) is 29.3 Å². The average Bonchev–Trinajstić information content (AvgIpc) is 3.49. The summed E-state index contributed by atoms with van der Waals surface area (Å²) in [5.41, 5.74) is 1.86. The molecular weight excluding hydrogens is 469 g/mol. The largest absolute Gasteiger partial charge is 0.357 e. The van der Waals surface area contributed by atoms with E-state index in [9.17, 15) is 9.59 Å². The van der Waals surface area contributed by atoms with Crippen molar-refractivity contribution in [3.8, 4) is 0 Å². The van der Waals surface area contributed by atoms with Gasteiger partial charge in [0, 0.05) is 37.7 Å². The second kappa shape index (κ2) is 13.4.